The Labute approximate surface area is 327 Å². The van der Waals surface area contributed by atoms with Gasteiger partial charge in [-0.05, 0) is 98.1 Å². The van der Waals surface area contributed by atoms with Crippen molar-refractivity contribution < 1.29 is 0 Å². The normalized spacial score (nSPS) is 13.1. The fourth-order valence-electron chi connectivity index (χ4n) is 9.31. The number of anilines is 3. The molecule has 0 bridgehead atoms. The molecule has 1 aliphatic heterocycles. The molecule has 0 amide bonds. The average Bonchev–Trinajstić information content (AvgIpc) is 3.58. The fourth-order valence-corrected chi connectivity index (χ4v) is 9.31. The van der Waals surface area contributed by atoms with Gasteiger partial charge in [0.25, 0.3) is 0 Å². The van der Waals surface area contributed by atoms with Crippen molar-refractivity contribution in [2.24, 2.45) is 0 Å². The van der Waals surface area contributed by atoms with Gasteiger partial charge in [0.2, 0.25) is 0 Å². The molecule has 0 unspecified atom stereocenters. The van der Waals surface area contributed by atoms with Gasteiger partial charge in [0.15, 0.2) is 0 Å². The van der Waals surface area contributed by atoms with Crippen LogP contribution in [-0.2, 0) is 5.41 Å². The van der Waals surface area contributed by atoms with Crippen LogP contribution >= 0.6 is 0 Å². The maximum Gasteiger partial charge on any atom is 0.0754 e. The molecule has 2 heteroatoms. The molecular formula is C54H36N2. The maximum atomic E-state index is 5.50. The van der Waals surface area contributed by atoms with Crippen LogP contribution in [0.25, 0.3) is 55.9 Å². The molecule has 0 saturated carbocycles. The minimum absolute atomic E-state index is 0.576. The highest BCUT2D eigenvalue weighted by Crippen LogP contribution is 2.64. The zero-order valence-electron chi connectivity index (χ0n) is 30.7. The van der Waals surface area contributed by atoms with E-state index in [1.807, 2.05) is 0 Å². The van der Waals surface area contributed by atoms with Gasteiger partial charge >= 0.3 is 0 Å². The van der Waals surface area contributed by atoms with E-state index in [0.29, 0.717) is 0 Å². The van der Waals surface area contributed by atoms with Gasteiger partial charge in [-0.3, -0.25) is 0 Å². The standard InChI is InChI=1S/C54H36N2/c1-5-18-37(19-6-1)40-32-33-45-44(34-40)53-43(50-36-41(38-20-7-2-8-21-38)35-49(55-50)39-22-9-3-10-23-39)26-17-29-48(53)54(45)46-27-13-15-30-51(46)56(42-24-11-4-12-25-42)52-31-16-14-28-47(52)54/h1-36H. The largest absolute Gasteiger partial charge is 0.310 e. The summed E-state index contributed by atoms with van der Waals surface area (Å²) in [6, 6.07) is 79.3. The molecule has 1 spiro atoms. The van der Waals surface area contributed by atoms with Gasteiger partial charge in [-0.25, -0.2) is 4.98 Å². The second-order valence-corrected chi connectivity index (χ2v) is 14.7. The van der Waals surface area contributed by atoms with E-state index in [1.165, 1.54) is 61.4 Å². The smallest absolute Gasteiger partial charge is 0.0754 e. The molecule has 1 aliphatic carbocycles. The summed E-state index contributed by atoms with van der Waals surface area (Å²) in [5, 5.41) is 0. The summed E-state index contributed by atoms with van der Waals surface area (Å²) in [5.41, 5.74) is 19.3. The van der Waals surface area contributed by atoms with Crippen molar-refractivity contribution in [1.29, 1.82) is 0 Å². The fraction of sp³-hybridized carbons (Fsp3) is 0.0185. The molecule has 262 valence electrons. The van der Waals surface area contributed by atoms with Crippen molar-refractivity contribution in [1.82, 2.24) is 4.98 Å². The van der Waals surface area contributed by atoms with Gasteiger partial charge in [-0.15, -0.1) is 0 Å². The summed E-state index contributed by atoms with van der Waals surface area (Å²) in [6.07, 6.45) is 0. The van der Waals surface area contributed by atoms with Crippen molar-refractivity contribution in [3.05, 3.63) is 241 Å². The zero-order valence-corrected chi connectivity index (χ0v) is 30.7. The number of rotatable bonds is 5. The molecule has 8 aromatic carbocycles. The molecule has 0 fully saturated rings. The first-order chi connectivity index (χ1) is 27.8. The van der Waals surface area contributed by atoms with Gasteiger partial charge in [0, 0.05) is 16.8 Å². The Balaban J connectivity index is 1.25. The third-order valence-electron chi connectivity index (χ3n) is 11.7. The molecule has 1 aromatic heterocycles. The summed E-state index contributed by atoms with van der Waals surface area (Å²) in [4.78, 5) is 7.93. The SMILES string of the molecule is c1ccc(-c2cc(-c3ccccc3)nc(-c3cccc4c3-c3cc(-c5ccccc5)ccc3C43c4ccccc4N(c4ccccc4)c4ccccc43)c2)cc1. The summed E-state index contributed by atoms with van der Waals surface area (Å²) in [5.74, 6) is 0. The molecular weight excluding hydrogens is 677 g/mol. The molecule has 0 N–H and O–H groups in total. The van der Waals surface area contributed by atoms with Crippen LogP contribution in [0.1, 0.15) is 22.3 Å². The predicted octanol–water partition coefficient (Wildman–Crippen LogP) is 13.9. The van der Waals surface area contributed by atoms with Crippen molar-refractivity contribution in [2.75, 3.05) is 4.90 Å². The number of fused-ring (bicyclic) bond motifs is 9. The highest BCUT2D eigenvalue weighted by Gasteiger charge is 2.52. The van der Waals surface area contributed by atoms with Crippen molar-refractivity contribution in [3.8, 4) is 55.9 Å². The molecule has 11 rings (SSSR count). The number of aromatic nitrogens is 1. The van der Waals surface area contributed by atoms with Crippen LogP contribution in [-0.4, -0.2) is 4.98 Å². The quantitative estimate of drug-likeness (QED) is 0.177. The van der Waals surface area contributed by atoms with Gasteiger partial charge in [-0.1, -0.05) is 176 Å². The second-order valence-electron chi connectivity index (χ2n) is 14.7. The van der Waals surface area contributed by atoms with Crippen LogP contribution in [0.4, 0.5) is 17.1 Å². The minimum atomic E-state index is -0.576. The van der Waals surface area contributed by atoms with E-state index in [1.54, 1.807) is 0 Å². The van der Waals surface area contributed by atoms with Crippen LogP contribution in [0, 0.1) is 0 Å². The Morgan fingerprint density at radius 1 is 0.321 bits per heavy atom. The monoisotopic (exact) mass is 712 g/mol. The Hall–Kier alpha value is -7.29. The van der Waals surface area contributed by atoms with Gasteiger partial charge < -0.3 is 4.90 Å². The van der Waals surface area contributed by atoms with Crippen LogP contribution in [0.15, 0.2) is 218 Å². The average molecular weight is 713 g/mol. The van der Waals surface area contributed by atoms with Crippen molar-refractivity contribution in [3.63, 3.8) is 0 Å². The van der Waals surface area contributed by atoms with Gasteiger partial charge in [-0.2, -0.15) is 0 Å². The van der Waals surface area contributed by atoms with E-state index in [-0.39, 0.29) is 0 Å². The number of hydrogen-bond acceptors (Lipinski definition) is 2. The molecule has 2 nitrogen and oxygen atoms in total. The summed E-state index contributed by atoms with van der Waals surface area (Å²) < 4.78 is 0. The number of para-hydroxylation sites is 3. The first-order valence-electron chi connectivity index (χ1n) is 19.3. The Morgan fingerprint density at radius 2 is 0.839 bits per heavy atom. The third-order valence-corrected chi connectivity index (χ3v) is 11.7. The molecule has 2 aliphatic rings. The van der Waals surface area contributed by atoms with Crippen LogP contribution in [0.3, 0.4) is 0 Å². The van der Waals surface area contributed by atoms with E-state index in [0.717, 1.165) is 33.8 Å². The lowest BCUT2D eigenvalue weighted by Gasteiger charge is -2.45. The molecule has 2 heterocycles. The maximum absolute atomic E-state index is 5.50. The molecule has 0 saturated heterocycles. The minimum Gasteiger partial charge on any atom is -0.310 e. The second kappa shape index (κ2) is 12.9. The van der Waals surface area contributed by atoms with Crippen molar-refractivity contribution >= 4 is 17.1 Å². The summed E-state index contributed by atoms with van der Waals surface area (Å²) >= 11 is 0. The number of pyridine rings is 1. The zero-order chi connectivity index (χ0) is 37.1. The van der Waals surface area contributed by atoms with Gasteiger partial charge in [0.1, 0.15) is 0 Å². The number of hydrogen-bond donors (Lipinski definition) is 0. The predicted molar refractivity (Wildman–Crippen MR) is 232 cm³/mol. The summed E-state index contributed by atoms with van der Waals surface area (Å²) in [6.45, 7) is 0. The van der Waals surface area contributed by atoms with E-state index < -0.39 is 5.41 Å². The van der Waals surface area contributed by atoms with Crippen LogP contribution in [0.5, 0.6) is 0 Å². The Morgan fingerprint density at radius 3 is 1.48 bits per heavy atom. The molecule has 0 radical (unpaired) electrons. The first-order valence-corrected chi connectivity index (χ1v) is 19.3. The van der Waals surface area contributed by atoms with E-state index in [9.17, 15) is 0 Å². The van der Waals surface area contributed by atoms with Crippen molar-refractivity contribution in [2.45, 2.75) is 5.41 Å². The first kappa shape index (κ1) is 32.2. The number of benzene rings is 8. The van der Waals surface area contributed by atoms with Gasteiger partial charge in [0.05, 0.1) is 28.2 Å². The van der Waals surface area contributed by atoms with Crippen LogP contribution in [0.2, 0.25) is 0 Å². The summed E-state index contributed by atoms with van der Waals surface area (Å²) in [7, 11) is 0. The van der Waals surface area contributed by atoms with E-state index >= 15 is 0 Å². The van der Waals surface area contributed by atoms with Crippen LogP contribution < -0.4 is 4.90 Å². The Kier molecular flexibility index (Phi) is 7.43. The topological polar surface area (TPSA) is 16.1 Å². The lowest BCUT2D eigenvalue weighted by Crippen LogP contribution is -2.36. The van der Waals surface area contributed by atoms with E-state index in [2.05, 4.69) is 223 Å². The molecule has 56 heavy (non-hydrogen) atoms. The Bertz CT molecular complexity index is 2790. The highest BCUT2D eigenvalue weighted by molar-refractivity contribution is 6.01. The third kappa shape index (κ3) is 4.86. The highest BCUT2D eigenvalue weighted by atomic mass is 15.2. The molecule has 0 atom stereocenters. The van der Waals surface area contributed by atoms with E-state index in [4.69, 9.17) is 4.98 Å². The lowest BCUT2D eigenvalue weighted by atomic mass is 9.64. The lowest BCUT2D eigenvalue weighted by molar-refractivity contribution is 0.753. The molecule has 9 aromatic rings. The number of nitrogens with zero attached hydrogens (tertiary/aromatic N) is 2.